The number of rotatable bonds is 7. The van der Waals surface area contributed by atoms with Gasteiger partial charge in [0.1, 0.15) is 10.8 Å². The molecule has 28 heavy (non-hydrogen) atoms. The summed E-state index contributed by atoms with van der Waals surface area (Å²) >= 11 is 3.20. The van der Waals surface area contributed by atoms with Crippen LogP contribution in [0.25, 0.3) is 10.6 Å². The molecule has 0 saturated carbocycles. The third-order valence-corrected chi connectivity index (χ3v) is 6.49. The van der Waals surface area contributed by atoms with Crippen molar-refractivity contribution in [3.63, 3.8) is 0 Å². The van der Waals surface area contributed by atoms with Gasteiger partial charge >= 0.3 is 0 Å². The molecule has 3 aromatic rings. The number of thioether (sulfide) groups is 1. The normalized spacial score (nSPS) is 11.9. The van der Waals surface area contributed by atoms with Gasteiger partial charge in [-0.1, -0.05) is 24.3 Å². The third-order valence-electron chi connectivity index (χ3n) is 4.37. The van der Waals surface area contributed by atoms with Crippen LogP contribution in [0.1, 0.15) is 23.7 Å². The zero-order valence-corrected chi connectivity index (χ0v) is 18.1. The summed E-state index contributed by atoms with van der Waals surface area (Å²) in [5.74, 6) is 1.53. The van der Waals surface area contributed by atoms with E-state index in [4.69, 9.17) is 9.72 Å². The highest BCUT2D eigenvalue weighted by Crippen LogP contribution is 2.29. The van der Waals surface area contributed by atoms with Gasteiger partial charge in [-0.3, -0.25) is 4.79 Å². The molecule has 0 aliphatic rings. The first-order valence-corrected chi connectivity index (χ1v) is 11.0. The second kappa shape index (κ2) is 9.26. The maximum atomic E-state index is 12.5. The van der Waals surface area contributed by atoms with Crippen LogP contribution in [0, 0.1) is 13.8 Å². The summed E-state index contributed by atoms with van der Waals surface area (Å²) < 4.78 is 5.28. The number of nitrogens with one attached hydrogen (secondary N) is 1. The highest BCUT2D eigenvalue weighted by molar-refractivity contribution is 7.99. The number of aromatic nitrogens is 1. The van der Waals surface area contributed by atoms with Crippen molar-refractivity contribution in [3.8, 4) is 16.3 Å². The van der Waals surface area contributed by atoms with E-state index in [0.29, 0.717) is 5.75 Å². The number of thiazole rings is 1. The second-order valence-electron chi connectivity index (χ2n) is 6.64. The van der Waals surface area contributed by atoms with Crippen LogP contribution in [-0.4, -0.2) is 23.3 Å². The number of carbonyl (C=O) groups is 1. The molecule has 0 saturated heterocycles. The molecule has 1 atom stereocenters. The number of aryl methyl sites for hydroxylation is 2. The first-order chi connectivity index (χ1) is 13.5. The SMILES string of the molecule is COc1cccc(-c2nc(CSC(C)C(=O)Nc3cc(C)ccc3C)cs2)c1. The van der Waals surface area contributed by atoms with Crippen LogP contribution in [0.15, 0.2) is 47.8 Å². The van der Waals surface area contributed by atoms with Crippen LogP contribution in [-0.2, 0) is 10.5 Å². The highest BCUT2D eigenvalue weighted by atomic mass is 32.2. The lowest BCUT2D eigenvalue weighted by Gasteiger charge is -2.13. The van der Waals surface area contributed by atoms with Crippen LogP contribution in [0.5, 0.6) is 5.75 Å². The molecular formula is C22H24N2O2S2. The number of benzene rings is 2. The molecule has 0 radical (unpaired) electrons. The summed E-state index contributed by atoms with van der Waals surface area (Å²) in [6.45, 7) is 5.96. The molecular weight excluding hydrogens is 388 g/mol. The second-order valence-corrected chi connectivity index (χ2v) is 8.82. The summed E-state index contributed by atoms with van der Waals surface area (Å²) in [5.41, 5.74) is 5.11. The Balaban J connectivity index is 1.58. The van der Waals surface area contributed by atoms with Gasteiger partial charge in [0.2, 0.25) is 5.91 Å². The van der Waals surface area contributed by atoms with Gasteiger partial charge in [-0.2, -0.15) is 0 Å². The van der Waals surface area contributed by atoms with Crippen LogP contribution in [0.3, 0.4) is 0 Å². The zero-order valence-electron chi connectivity index (χ0n) is 16.5. The average Bonchev–Trinajstić information content (AvgIpc) is 3.18. The van der Waals surface area contributed by atoms with Crippen LogP contribution in [0.2, 0.25) is 0 Å². The first-order valence-electron chi connectivity index (χ1n) is 9.05. The molecule has 1 aromatic heterocycles. The van der Waals surface area contributed by atoms with Crippen LogP contribution in [0.4, 0.5) is 5.69 Å². The Kier molecular flexibility index (Phi) is 6.75. The number of hydrogen-bond acceptors (Lipinski definition) is 5. The van der Waals surface area contributed by atoms with Crippen molar-refractivity contribution in [1.29, 1.82) is 0 Å². The fourth-order valence-corrected chi connectivity index (χ4v) is 4.35. The van der Waals surface area contributed by atoms with E-state index in [2.05, 4.69) is 10.7 Å². The van der Waals surface area contributed by atoms with Crippen molar-refractivity contribution in [2.75, 3.05) is 12.4 Å². The molecule has 3 rings (SSSR count). The quantitative estimate of drug-likeness (QED) is 0.541. The van der Waals surface area contributed by atoms with E-state index >= 15 is 0 Å². The Morgan fingerprint density at radius 2 is 2.07 bits per heavy atom. The number of methoxy groups -OCH3 is 1. The van der Waals surface area contributed by atoms with Gasteiger partial charge in [-0.15, -0.1) is 23.1 Å². The lowest BCUT2D eigenvalue weighted by molar-refractivity contribution is -0.115. The number of nitrogens with zero attached hydrogens (tertiary/aromatic N) is 1. The molecule has 0 aliphatic carbocycles. The Hall–Kier alpha value is -2.31. The Morgan fingerprint density at radius 3 is 2.86 bits per heavy atom. The topological polar surface area (TPSA) is 51.2 Å². The Bertz CT molecular complexity index is 969. The van der Waals surface area contributed by atoms with Gasteiger partial charge < -0.3 is 10.1 Å². The molecule has 0 spiro atoms. The average molecular weight is 413 g/mol. The van der Waals surface area contributed by atoms with Gasteiger partial charge in [0.05, 0.1) is 18.1 Å². The molecule has 1 N–H and O–H groups in total. The van der Waals surface area contributed by atoms with Crippen LogP contribution < -0.4 is 10.1 Å². The van der Waals surface area contributed by atoms with Crippen molar-refractivity contribution in [2.24, 2.45) is 0 Å². The summed E-state index contributed by atoms with van der Waals surface area (Å²) in [7, 11) is 1.66. The fraction of sp³-hybridized carbons (Fsp3) is 0.273. The standard InChI is InChI=1S/C22H24N2O2S2/c1-14-8-9-15(2)20(10-14)24-21(25)16(3)27-12-18-13-28-22(23-18)17-6-5-7-19(11-17)26-4/h5-11,13,16H,12H2,1-4H3,(H,24,25). The van der Waals surface area contributed by atoms with E-state index in [1.807, 2.05) is 63.2 Å². The van der Waals surface area contributed by atoms with Gasteiger partial charge in [0.15, 0.2) is 0 Å². The summed E-state index contributed by atoms with van der Waals surface area (Å²) in [6, 6.07) is 14.0. The third kappa shape index (κ3) is 5.14. The van der Waals surface area contributed by atoms with E-state index < -0.39 is 0 Å². The zero-order chi connectivity index (χ0) is 20.1. The smallest absolute Gasteiger partial charge is 0.237 e. The molecule has 0 bridgehead atoms. The van der Waals surface area contributed by atoms with Crippen molar-refractivity contribution < 1.29 is 9.53 Å². The van der Waals surface area contributed by atoms with Gasteiger partial charge in [0.25, 0.3) is 0 Å². The molecule has 1 unspecified atom stereocenters. The van der Waals surface area contributed by atoms with Crippen molar-refractivity contribution in [2.45, 2.75) is 31.8 Å². The van der Waals surface area contributed by atoms with Gasteiger partial charge in [0, 0.05) is 22.4 Å². The largest absolute Gasteiger partial charge is 0.497 e. The molecule has 0 fully saturated rings. The van der Waals surface area contributed by atoms with Crippen molar-refractivity contribution in [3.05, 3.63) is 64.7 Å². The maximum Gasteiger partial charge on any atom is 0.237 e. The number of anilines is 1. The van der Waals surface area contributed by atoms with E-state index in [1.54, 1.807) is 30.2 Å². The number of amides is 1. The number of ether oxygens (including phenoxy) is 1. The van der Waals surface area contributed by atoms with E-state index in [-0.39, 0.29) is 11.2 Å². The predicted molar refractivity (Wildman–Crippen MR) is 119 cm³/mol. The van der Waals surface area contributed by atoms with E-state index in [9.17, 15) is 4.79 Å². The molecule has 1 heterocycles. The van der Waals surface area contributed by atoms with Gasteiger partial charge in [-0.25, -0.2) is 4.98 Å². The molecule has 0 aliphatic heterocycles. The van der Waals surface area contributed by atoms with E-state index in [0.717, 1.165) is 38.8 Å². The lowest BCUT2D eigenvalue weighted by atomic mass is 10.1. The highest BCUT2D eigenvalue weighted by Gasteiger charge is 2.16. The summed E-state index contributed by atoms with van der Waals surface area (Å²) in [6.07, 6.45) is 0. The monoisotopic (exact) mass is 412 g/mol. The minimum absolute atomic E-state index is 0.0157. The Morgan fingerprint density at radius 1 is 1.25 bits per heavy atom. The fourth-order valence-electron chi connectivity index (χ4n) is 2.65. The summed E-state index contributed by atoms with van der Waals surface area (Å²) in [4.78, 5) is 17.2. The molecule has 4 nitrogen and oxygen atoms in total. The molecule has 146 valence electrons. The van der Waals surface area contributed by atoms with Crippen LogP contribution >= 0.6 is 23.1 Å². The predicted octanol–water partition coefficient (Wildman–Crippen LogP) is 5.70. The minimum Gasteiger partial charge on any atom is -0.497 e. The number of hydrogen-bond donors (Lipinski definition) is 1. The van der Waals surface area contributed by atoms with E-state index in [1.165, 1.54) is 0 Å². The molecule has 6 heteroatoms. The van der Waals surface area contributed by atoms with Crippen molar-refractivity contribution in [1.82, 2.24) is 4.98 Å². The molecule has 2 aromatic carbocycles. The molecule has 1 amide bonds. The summed E-state index contributed by atoms with van der Waals surface area (Å²) in [5, 5.41) is 5.89. The minimum atomic E-state index is -0.165. The Labute approximate surface area is 174 Å². The maximum absolute atomic E-state index is 12.5. The lowest BCUT2D eigenvalue weighted by Crippen LogP contribution is -2.23. The van der Waals surface area contributed by atoms with Crippen molar-refractivity contribution >= 4 is 34.7 Å². The first kappa shape index (κ1) is 20.4. The number of carbonyl (C=O) groups excluding carboxylic acids is 1. The van der Waals surface area contributed by atoms with Gasteiger partial charge in [-0.05, 0) is 50.1 Å².